The number of carbonyl (C=O) groups excluding carboxylic acids is 1. The summed E-state index contributed by atoms with van der Waals surface area (Å²) in [4.78, 5) is 18.0. The molecule has 0 saturated carbocycles. The lowest BCUT2D eigenvalue weighted by atomic mass is 10.2. The van der Waals surface area contributed by atoms with Gasteiger partial charge in [0.15, 0.2) is 0 Å². The maximum Gasteiger partial charge on any atom is 0.328 e. The van der Waals surface area contributed by atoms with E-state index in [-0.39, 0.29) is 12.0 Å². The fourth-order valence-corrected chi connectivity index (χ4v) is 2.71. The highest BCUT2D eigenvalue weighted by Gasteiger charge is 2.33. The molecule has 0 spiro atoms. The van der Waals surface area contributed by atoms with Crippen LogP contribution in [-0.2, 0) is 16.0 Å². The van der Waals surface area contributed by atoms with Gasteiger partial charge in [-0.1, -0.05) is 6.92 Å². The second-order valence-electron chi connectivity index (χ2n) is 3.72. The van der Waals surface area contributed by atoms with E-state index < -0.39 is 0 Å². The lowest BCUT2D eigenvalue weighted by Gasteiger charge is -2.20. The molecule has 1 aromatic heterocycles. The molecule has 0 N–H and O–H groups in total. The van der Waals surface area contributed by atoms with E-state index in [4.69, 9.17) is 4.74 Å². The number of hydrogen-bond acceptors (Lipinski definition) is 6. The number of aryl methyl sites for hydroxylation is 1. The molecule has 1 fully saturated rings. The van der Waals surface area contributed by atoms with Crippen LogP contribution in [0.15, 0.2) is 0 Å². The SMILES string of the molecule is CCc1nsc(N2CCCC2C(=O)OC)n1. The van der Waals surface area contributed by atoms with Gasteiger partial charge in [0.2, 0.25) is 5.13 Å². The van der Waals surface area contributed by atoms with Crippen LogP contribution in [0, 0.1) is 0 Å². The maximum atomic E-state index is 11.6. The number of carbonyl (C=O) groups is 1. The molecule has 1 unspecified atom stereocenters. The Morgan fingerprint density at radius 3 is 3.12 bits per heavy atom. The number of methoxy groups -OCH3 is 1. The van der Waals surface area contributed by atoms with Crippen LogP contribution >= 0.6 is 11.5 Å². The molecule has 5 nitrogen and oxygen atoms in total. The van der Waals surface area contributed by atoms with Gasteiger partial charge in [-0.05, 0) is 12.8 Å². The fraction of sp³-hybridized carbons (Fsp3) is 0.700. The Balaban J connectivity index is 2.16. The van der Waals surface area contributed by atoms with E-state index in [1.807, 2.05) is 11.8 Å². The van der Waals surface area contributed by atoms with Crippen molar-refractivity contribution in [3.63, 3.8) is 0 Å². The van der Waals surface area contributed by atoms with Gasteiger partial charge < -0.3 is 9.64 Å². The fourth-order valence-electron chi connectivity index (χ4n) is 1.88. The van der Waals surface area contributed by atoms with E-state index in [0.717, 1.165) is 36.8 Å². The molecule has 16 heavy (non-hydrogen) atoms. The van der Waals surface area contributed by atoms with Gasteiger partial charge in [-0.15, -0.1) is 0 Å². The molecule has 1 aromatic rings. The summed E-state index contributed by atoms with van der Waals surface area (Å²) >= 11 is 1.36. The zero-order valence-corrected chi connectivity index (χ0v) is 10.3. The first-order chi connectivity index (χ1) is 7.76. The quantitative estimate of drug-likeness (QED) is 0.745. The van der Waals surface area contributed by atoms with Crippen LogP contribution in [0.4, 0.5) is 5.13 Å². The highest BCUT2D eigenvalue weighted by molar-refractivity contribution is 7.09. The van der Waals surface area contributed by atoms with Crippen molar-refractivity contribution in [2.45, 2.75) is 32.2 Å². The summed E-state index contributed by atoms with van der Waals surface area (Å²) in [5.41, 5.74) is 0. The predicted molar refractivity (Wildman–Crippen MR) is 61.7 cm³/mol. The molecule has 0 amide bonds. The van der Waals surface area contributed by atoms with Gasteiger partial charge in [0, 0.05) is 24.5 Å². The first kappa shape index (κ1) is 11.3. The smallest absolute Gasteiger partial charge is 0.328 e. The summed E-state index contributed by atoms with van der Waals surface area (Å²) in [6, 6.07) is -0.178. The summed E-state index contributed by atoms with van der Waals surface area (Å²) < 4.78 is 9.03. The molecule has 2 rings (SSSR count). The highest BCUT2D eigenvalue weighted by atomic mass is 32.1. The molecule has 88 valence electrons. The van der Waals surface area contributed by atoms with Crippen LogP contribution in [0.5, 0.6) is 0 Å². The largest absolute Gasteiger partial charge is 0.467 e. The standard InChI is InChI=1S/C10H15N3O2S/c1-3-8-11-10(16-12-8)13-6-4-5-7(13)9(14)15-2/h7H,3-6H2,1-2H3. The summed E-state index contributed by atoms with van der Waals surface area (Å²) in [5, 5.41) is 0.838. The summed E-state index contributed by atoms with van der Waals surface area (Å²) in [6.45, 7) is 2.88. The van der Waals surface area contributed by atoms with Gasteiger partial charge in [0.1, 0.15) is 11.9 Å². The normalized spacial score (nSPS) is 20.1. The molecule has 0 aromatic carbocycles. The molecule has 0 radical (unpaired) electrons. The molecular formula is C10H15N3O2S. The van der Waals surface area contributed by atoms with Crippen LogP contribution in [-0.4, -0.2) is 35.0 Å². The number of anilines is 1. The Bertz CT molecular complexity index is 380. The van der Waals surface area contributed by atoms with Crippen molar-refractivity contribution in [1.29, 1.82) is 0 Å². The molecule has 1 atom stereocenters. The van der Waals surface area contributed by atoms with E-state index in [9.17, 15) is 4.79 Å². The minimum absolute atomic E-state index is 0.175. The van der Waals surface area contributed by atoms with Crippen molar-refractivity contribution < 1.29 is 9.53 Å². The van der Waals surface area contributed by atoms with Crippen molar-refractivity contribution >= 4 is 22.6 Å². The topological polar surface area (TPSA) is 55.3 Å². The van der Waals surface area contributed by atoms with Crippen LogP contribution in [0.3, 0.4) is 0 Å². The first-order valence-electron chi connectivity index (χ1n) is 5.43. The van der Waals surface area contributed by atoms with Gasteiger partial charge >= 0.3 is 5.97 Å². The van der Waals surface area contributed by atoms with Crippen LogP contribution in [0.1, 0.15) is 25.6 Å². The average Bonchev–Trinajstić information content (AvgIpc) is 2.95. The van der Waals surface area contributed by atoms with Crippen molar-refractivity contribution in [1.82, 2.24) is 9.36 Å². The molecule has 6 heteroatoms. The van der Waals surface area contributed by atoms with Crippen molar-refractivity contribution in [2.24, 2.45) is 0 Å². The zero-order valence-electron chi connectivity index (χ0n) is 9.47. The Morgan fingerprint density at radius 2 is 2.50 bits per heavy atom. The van der Waals surface area contributed by atoms with Crippen LogP contribution in [0.2, 0.25) is 0 Å². The third kappa shape index (κ3) is 2.02. The van der Waals surface area contributed by atoms with E-state index >= 15 is 0 Å². The molecule has 1 saturated heterocycles. The predicted octanol–water partition coefficient (Wildman–Crippen LogP) is 1.24. The Kier molecular flexibility index (Phi) is 3.38. The summed E-state index contributed by atoms with van der Waals surface area (Å²) in [6.07, 6.45) is 2.67. The van der Waals surface area contributed by atoms with Crippen LogP contribution in [0.25, 0.3) is 0 Å². The van der Waals surface area contributed by atoms with Gasteiger partial charge in [-0.3, -0.25) is 0 Å². The van der Waals surface area contributed by atoms with E-state index in [2.05, 4.69) is 9.36 Å². The summed E-state index contributed by atoms with van der Waals surface area (Å²) in [7, 11) is 1.43. The monoisotopic (exact) mass is 241 g/mol. The number of ether oxygens (including phenoxy) is 1. The number of esters is 1. The summed E-state index contributed by atoms with van der Waals surface area (Å²) in [5.74, 6) is 0.668. The van der Waals surface area contributed by atoms with Crippen molar-refractivity contribution in [2.75, 3.05) is 18.6 Å². The lowest BCUT2D eigenvalue weighted by Crippen LogP contribution is -2.36. The highest BCUT2D eigenvalue weighted by Crippen LogP contribution is 2.27. The van der Waals surface area contributed by atoms with E-state index in [1.165, 1.54) is 18.6 Å². The second-order valence-corrected chi connectivity index (χ2v) is 4.45. The number of rotatable bonds is 3. The molecule has 2 heterocycles. The Labute approximate surface area is 98.6 Å². The lowest BCUT2D eigenvalue weighted by molar-refractivity contribution is -0.141. The minimum atomic E-state index is -0.178. The molecule has 0 aliphatic carbocycles. The number of hydrogen-bond donors (Lipinski definition) is 0. The van der Waals surface area contributed by atoms with Gasteiger partial charge in [-0.2, -0.15) is 4.37 Å². The zero-order chi connectivity index (χ0) is 11.5. The Hall–Kier alpha value is -1.17. The van der Waals surface area contributed by atoms with E-state index in [1.54, 1.807) is 0 Å². The number of nitrogens with zero attached hydrogens (tertiary/aromatic N) is 3. The second kappa shape index (κ2) is 4.78. The van der Waals surface area contributed by atoms with Crippen LogP contribution < -0.4 is 4.90 Å². The molecule has 1 aliphatic heterocycles. The Morgan fingerprint density at radius 1 is 1.69 bits per heavy atom. The van der Waals surface area contributed by atoms with E-state index in [0.29, 0.717) is 0 Å². The third-order valence-electron chi connectivity index (χ3n) is 2.75. The average molecular weight is 241 g/mol. The minimum Gasteiger partial charge on any atom is -0.467 e. The van der Waals surface area contributed by atoms with Gasteiger partial charge in [0.25, 0.3) is 0 Å². The molecular weight excluding hydrogens is 226 g/mol. The number of aromatic nitrogens is 2. The maximum absolute atomic E-state index is 11.6. The van der Waals surface area contributed by atoms with Gasteiger partial charge in [0.05, 0.1) is 7.11 Å². The first-order valence-corrected chi connectivity index (χ1v) is 6.20. The van der Waals surface area contributed by atoms with Crippen molar-refractivity contribution in [3.8, 4) is 0 Å². The molecule has 0 bridgehead atoms. The third-order valence-corrected chi connectivity index (χ3v) is 3.54. The molecule has 1 aliphatic rings. The van der Waals surface area contributed by atoms with Crippen molar-refractivity contribution in [3.05, 3.63) is 5.82 Å². The van der Waals surface area contributed by atoms with Gasteiger partial charge in [-0.25, -0.2) is 9.78 Å².